The quantitative estimate of drug-likeness (QED) is 0.718. The molecule has 0 saturated carbocycles. The second-order valence-corrected chi connectivity index (χ2v) is 5.66. The molecule has 0 spiro atoms. The topological polar surface area (TPSA) is 9.23 Å². The van der Waals surface area contributed by atoms with Crippen LogP contribution in [0.15, 0.2) is 34.1 Å². The molecule has 1 nitrogen and oxygen atoms in total. The summed E-state index contributed by atoms with van der Waals surface area (Å²) >= 11 is 11.1. The zero-order valence-electron chi connectivity index (χ0n) is 8.91. The van der Waals surface area contributed by atoms with Gasteiger partial charge in [-0.1, -0.05) is 6.07 Å². The number of halogens is 3. The smallest absolute Gasteiger partial charge is 0.141 e. The molecule has 0 aliphatic heterocycles. The third-order valence-electron chi connectivity index (χ3n) is 2.34. The number of ether oxygens (including phenoxy) is 1. The normalized spacial score (nSPS) is 12.5. The van der Waals surface area contributed by atoms with E-state index in [9.17, 15) is 4.39 Å². The van der Waals surface area contributed by atoms with Crippen molar-refractivity contribution in [1.29, 1.82) is 0 Å². The van der Waals surface area contributed by atoms with E-state index in [2.05, 4.69) is 15.9 Å². The maximum atomic E-state index is 13.4. The van der Waals surface area contributed by atoms with Crippen LogP contribution in [0, 0.1) is 5.82 Å². The molecule has 2 rings (SSSR count). The Hall–Kier alpha value is -0.580. The van der Waals surface area contributed by atoms with Crippen molar-refractivity contribution < 1.29 is 9.13 Å². The van der Waals surface area contributed by atoms with E-state index in [1.165, 1.54) is 13.2 Å². The van der Waals surface area contributed by atoms with E-state index in [-0.39, 0.29) is 11.2 Å². The lowest BCUT2D eigenvalue weighted by Crippen LogP contribution is -1.97. The zero-order chi connectivity index (χ0) is 12.4. The molecule has 5 heteroatoms. The molecule has 0 fully saturated rings. The van der Waals surface area contributed by atoms with Crippen molar-refractivity contribution in [3.8, 4) is 5.75 Å². The molecule has 1 aromatic heterocycles. The number of hydrogen-bond acceptors (Lipinski definition) is 2. The van der Waals surface area contributed by atoms with Gasteiger partial charge in [0.25, 0.3) is 0 Å². The molecule has 1 unspecified atom stereocenters. The second kappa shape index (κ2) is 5.38. The standard InChI is InChI=1S/C12H9BrClFOS/c1-16-10-6-9(15)8(13)5-7(10)12(14)11-3-2-4-17-11/h2-6,12H,1H3. The molecule has 0 radical (unpaired) electrons. The Kier molecular flexibility index (Phi) is 4.07. The van der Waals surface area contributed by atoms with Crippen LogP contribution in [0.4, 0.5) is 4.39 Å². The number of benzene rings is 1. The van der Waals surface area contributed by atoms with Crippen LogP contribution >= 0.6 is 38.9 Å². The molecular weight excluding hydrogens is 327 g/mol. The van der Waals surface area contributed by atoms with E-state index in [1.807, 2.05) is 17.5 Å². The SMILES string of the molecule is COc1cc(F)c(Br)cc1C(Cl)c1cccs1. The van der Waals surface area contributed by atoms with Crippen molar-refractivity contribution in [2.24, 2.45) is 0 Å². The molecule has 0 N–H and O–H groups in total. The van der Waals surface area contributed by atoms with Crippen molar-refractivity contribution in [3.05, 3.63) is 50.4 Å². The Balaban J connectivity index is 2.47. The van der Waals surface area contributed by atoms with Crippen molar-refractivity contribution >= 4 is 38.9 Å². The first-order chi connectivity index (χ1) is 8.13. The average Bonchev–Trinajstić information content (AvgIpc) is 2.84. The summed E-state index contributed by atoms with van der Waals surface area (Å²) in [6, 6.07) is 6.87. The summed E-state index contributed by atoms with van der Waals surface area (Å²) in [5, 5.41) is 1.62. The Morgan fingerprint density at radius 2 is 2.24 bits per heavy atom. The predicted molar refractivity (Wildman–Crippen MR) is 72.7 cm³/mol. The average molecular weight is 336 g/mol. The molecule has 2 aromatic rings. The maximum Gasteiger partial charge on any atom is 0.141 e. The lowest BCUT2D eigenvalue weighted by atomic mass is 10.1. The van der Waals surface area contributed by atoms with Gasteiger partial charge in [0.2, 0.25) is 0 Å². The Labute approximate surface area is 116 Å². The van der Waals surface area contributed by atoms with Gasteiger partial charge in [0, 0.05) is 16.5 Å². The van der Waals surface area contributed by atoms with Crippen molar-refractivity contribution in [2.75, 3.05) is 7.11 Å². The monoisotopic (exact) mass is 334 g/mol. The molecule has 0 bridgehead atoms. The van der Waals surface area contributed by atoms with Gasteiger partial charge in [0.1, 0.15) is 11.6 Å². The fraction of sp³-hybridized carbons (Fsp3) is 0.167. The van der Waals surface area contributed by atoms with Crippen LogP contribution < -0.4 is 4.74 Å². The minimum Gasteiger partial charge on any atom is -0.496 e. The predicted octanol–water partition coefficient (Wildman–Crippen LogP) is 4.99. The highest BCUT2D eigenvalue weighted by Crippen LogP contribution is 2.39. The minimum absolute atomic E-state index is 0.332. The van der Waals surface area contributed by atoms with Gasteiger partial charge in [-0.2, -0.15) is 0 Å². The summed E-state index contributed by atoms with van der Waals surface area (Å²) in [5.41, 5.74) is 0.755. The van der Waals surface area contributed by atoms with E-state index < -0.39 is 0 Å². The van der Waals surface area contributed by atoms with E-state index in [0.29, 0.717) is 10.2 Å². The molecule has 1 aromatic carbocycles. The van der Waals surface area contributed by atoms with Gasteiger partial charge < -0.3 is 4.74 Å². The van der Waals surface area contributed by atoms with Crippen molar-refractivity contribution in [1.82, 2.24) is 0 Å². The molecule has 90 valence electrons. The number of hydrogen-bond donors (Lipinski definition) is 0. The summed E-state index contributed by atoms with van der Waals surface area (Å²) in [7, 11) is 1.50. The summed E-state index contributed by atoms with van der Waals surface area (Å²) < 4.78 is 18.9. The van der Waals surface area contributed by atoms with Gasteiger partial charge in [0.05, 0.1) is 17.0 Å². The first kappa shape index (κ1) is 12.9. The van der Waals surface area contributed by atoms with Gasteiger partial charge in [-0.05, 0) is 33.4 Å². The minimum atomic E-state index is -0.361. The molecule has 17 heavy (non-hydrogen) atoms. The van der Waals surface area contributed by atoms with E-state index >= 15 is 0 Å². The van der Waals surface area contributed by atoms with Crippen LogP contribution in [0.3, 0.4) is 0 Å². The number of rotatable bonds is 3. The highest BCUT2D eigenvalue weighted by molar-refractivity contribution is 9.10. The molecule has 0 amide bonds. The van der Waals surface area contributed by atoms with E-state index in [1.54, 1.807) is 17.4 Å². The molecule has 0 aliphatic carbocycles. The number of thiophene rings is 1. The Morgan fingerprint density at radius 1 is 1.47 bits per heavy atom. The molecule has 1 heterocycles. The van der Waals surface area contributed by atoms with Crippen molar-refractivity contribution in [3.63, 3.8) is 0 Å². The Bertz CT molecular complexity index is 515. The van der Waals surface area contributed by atoms with Crippen molar-refractivity contribution in [2.45, 2.75) is 5.38 Å². The van der Waals surface area contributed by atoms with Gasteiger partial charge in [0.15, 0.2) is 0 Å². The second-order valence-electron chi connectivity index (χ2n) is 3.39. The highest BCUT2D eigenvalue weighted by Gasteiger charge is 2.18. The first-order valence-corrected chi connectivity index (χ1v) is 6.94. The third kappa shape index (κ3) is 2.64. The van der Waals surface area contributed by atoms with Crippen LogP contribution in [-0.4, -0.2) is 7.11 Å². The van der Waals surface area contributed by atoms with Gasteiger partial charge in [-0.25, -0.2) is 4.39 Å². The molecule has 1 atom stereocenters. The number of alkyl halides is 1. The number of methoxy groups -OCH3 is 1. The summed E-state index contributed by atoms with van der Waals surface area (Å²) in [6.45, 7) is 0. The van der Waals surface area contributed by atoms with E-state index in [0.717, 1.165) is 10.4 Å². The lowest BCUT2D eigenvalue weighted by molar-refractivity contribution is 0.406. The first-order valence-electron chi connectivity index (χ1n) is 4.84. The molecule has 0 aliphatic rings. The van der Waals surface area contributed by atoms with E-state index in [4.69, 9.17) is 16.3 Å². The summed E-state index contributed by atoms with van der Waals surface area (Å²) in [4.78, 5) is 1.00. The fourth-order valence-electron chi connectivity index (χ4n) is 1.51. The fourth-order valence-corrected chi connectivity index (χ4v) is 2.98. The summed E-state index contributed by atoms with van der Waals surface area (Å²) in [5.74, 6) is 0.0970. The molecular formula is C12H9BrClFOS. The zero-order valence-corrected chi connectivity index (χ0v) is 12.1. The Morgan fingerprint density at radius 3 is 2.82 bits per heavy atom. The highest BCUT2D eigenvalue weighted by atomic mass is 79.9. The van der Waals surface area contributed by atoms with Crippen LogP contribution in [-0.2, 0) is 0 Å². The van der Waals surface area contributed by atoms with Gasteiger partial charge in [-0.3, -0.25) is 0 Å². The van der Waals surface area contributed by atoms with Gasteiger partial charge in [-0.15, -0.1) is 22.9 Å². The van der Waals surface area contributed by atoms with Crippen LogP contribution in [0.1, 0.15) is 15.8 Å². The summed E-state index contributed by atoms with van der Waals surface area (Å²) in [6.07, 6.45) is 0. The molecule has 0 saturated heterocycles. The lowest BCUT2D eigenvalue weighted by Gasteiger charge is -2.13. The third-order valence-corrected chi connectivity index (χ3v) is 4.48. The largest absolute Gasteiger partial charge is 0.496 e. The maximum absolute atomic E-state index is 13.4. The van der Waals surface area contributed by atoms with Crippen LogP contribution in [0.5, 0.6) is 5.75 Å². The van der Waals surface area contributed by atoms with Crippen LogP contribution in [0.2, 0.25) is 0 Å². The van der Waals surface area contributed by atoms with Gasteiger partial charge >= 0.3 is 0 Å². The van der Waals surface area contributed by atoms with Crippen LogP contribution in [0.25, 0.3) is 0 Å².